The van der Waals surface area contributed by atoms with E-state index in [1.165, 1.54) is 10.1 Å². The fraction of sp³-hybridized carbons (Fsp3) is 0.333. The van der Waals surface area contributed by atoms with Crippen LogP contribution in [0.3, 0.4) is 0 Å². The lowest BCUT2D eigenvalue weighted by Crippen LogP contribution is -2.41. The number of hydrogen-bond acceptors (Lipinski definition) is 5. The van der Waals surface area contributed by atoms with E-state index in [0.717, 1.165) is 31.0 Å². The van der Waals surface area contributed by atoms with Crippen LogP contribution in [0.4, 0.5) is 4.79 Å². The van der Waals surface area contributed by atoms with Crippen LogP contribution in [0.15, 0.2) is 52.4 Å². The Balaban J connectivity index is 1.65. The number of nitrogens with zero attached hydrogens (tertiary/aromatic N) is 2. The summed E-state index contributed by atoms with van der Waals surface area (Å²) >= 11 is 7.20. The van der Waals surface area contributed by atoms with Crippen molar-refractivity contribution >= 4 is 46.2 Å². The highest BCUT2D eigenvalue weighted by Crippen LogP contribution is 2.25. The fourth-order valence-corrected chi connectivity index (χ4v) is 4.37. The number of halogens is 1. The molecule has 0 spiro atoms. The first-order chi connectivity index (χ1) is 15.9. The second-order valence-electron chi connectivity index (χ2n) is 8.18. The number of imide groups is 1. The van der Waals surface area contributed by atoms with E-state index in [-0.39, 0.29) is 17.4 Å². The summed E-state index contributed by atoms with van der Waals surface area (Å²) in [5.41, 5.74) is 2.05. The van der Waals surface area contributed by atoms with Crippen LogP contribution in [0.25, 0.3) is 16.6 Å². The Morgan fingerprint density at radius 2 is 1.94 bits per heavy atom. The molecule has 4 rings (SSSR count). The van der Waals surface area contributed by atoms with E-state index in [0.29, 0.717) is 32.7 Å². The summed E-state index contributed by atoms with van der Waals surface area (Å²) in [6, 6.07) is 12.4. The molecular weight excluding hydrogens is 460 g/mol. The lowest BCUT2D eigenvalue weighted by molar-refractivity contribution is -0.117. The Bertz CT molecular complexity index is 1260. The zero-order valence-electron chi connectivity index (χ0n) is 18.4. The average Bonchev–Trinajstić information content (AvgIpc) is 3.61. The first-order valence-electron chi connectivity index (χ1n) is 10.9. The summed E-state index contributed by atoms with van der Waals surface area (Å²) in [5, 5.41) is 6.29. The van der Waals surface area contributed by atoms with Crippen LogP contribution in [0.2, 0.25) is 5.02 Å². The second-order valence-corrected chi connectivity index (χ2v) is 9.56. The summed E-state index contributed by atoms with van der Waals surface area (Å²) in [6.07, 6.45) is 2.88. The SMILES string of the molecule is CCC(C)c1ccc(-n2c(SCC(=O)NC(=O)NC3CC3)nc3cc(Cl)ccc3c2=O)cc1. The van der Waals surface area contributed by atoms with Gasteiger partial charge in [-0.2, -0.15) is 0 Å². The average molecular weight is 485 g/mol. The van der Waals surface area contributed by atoms with Gasteiger partial charge in [0.2, 0.25) is 5.91 Å². The van der Waals surface area contributed by atoms with E-state index in [2.05, 4.69) is 29.5 Å². The Hall–Kier alpha value is -2.84. The number of fused-ring (bicyclic) bond motifs is 1. The largest absolute Gasteiger partial charge is 0.335 e. The number of hydrogen-bond donors (Lipinski definition) is 2. The predicted molar refractivity (Wildman–Crippen MR) is 131 cm³/mol. The Labute approximate surface area is 200 Å². The van der Waals surface area contributed by atoms with Crippen molar-refractivity contribution in [3.8, 4) is 5.69 Å². The highest BCUT2D eigenvalue weighted by molar-refractivity contribution is 7.99. The van der Waals surface area contributed by atoms with Crippen molar-refractivity contribution in [3.63, 3.8) is 0 Å². The van der Waals surface area contributed by atoms with Gasteiger partial charge in [-0.1, -0.05) is 49.3 Å². The van der Waals surface area contributed by atoms with Gasteiger partial charge in [0, 0.05) is 11.1 Å². The van der Waals surface area contributed by atoms with Crippen LogP contribution in [-0.2, 0) is 4.79 Å². The van der Waals surface area contributed by atoms with Crippen LogP contribution < -0.4 is 16.2 Å². The van der Waals surface area contributed by atoms with E-state index in [9.17, 15) is 14.4 Å². The van der Waals surface area contributed by atoms with Gasteiger partial charge < -0.3 is 5.32 Å². The van der Waals surface area contributed by atoms with E-state index in [4.69, 9.17) is 11.6 Å². The van der Waals surface area contributed by atoms with Crippen molar-refractivity contribution in [1.82, 2.24) is 20.2 Å². The van der Waals surface area contributed by atoms with Crippen molar-refractivity contribution in [2.24, 2.45) is 0 Å². The quantitative estimate of drug-likeness (QED) is 0.376. The van der Waals surface area contributed by atoms with Crippen molar-refractivity contribution in [2.45, 2.75) is 50.2 Å². The maximum Gasteiger partial charge on any atom is 0.321 e. The molecule has 1 saturated carbocycles. The molecule has 0 aliphatic heterocycles. The van der Waals surface area contributed by atoms with Crippen LogP contribution in [0.1, 0.15) is 44.6 Å². The van der Waals surface area contributed by atoms with Crippen LogP contribution in [0, 0.1) is 0 Å². The summed E-state index contributed by atoms with van der Waals surface area (Å²) < 4.78 is 1.50. The summed E-state index contributed by atoms with van der Waals surface area (Å²) in [5.74, 6) is -0.120. The molecule has 1 heterocycles. The third-order valence-corrected chi connectivity index (χ3v) is 6.80. The number of urea groups is 1. The number of carbonyl (C=O) groups excluding carboxylic acids is 2. The van der Waals surface area contributed by atoms with Crippen LogP contribution in [0.5, 0.6) is 0 Å². The molecule has 2 aromatic carbocycles. The molecular formula is C24H25ClN4O3S. The molecule has 1 atom stereocenters. The normalized spacial score (nSPS) is 14.2. The molecule has 1 aliphatic carbocycles. The number of thioether (sulfide) groups is 1. The number of nitrogens with one attached hydrogen (secondary N) is 2. The minimum absolute atomic E-state index is 0.0679. The zero-order valence-corrected chi connectivity index (χ0v) is 20.0. The van der Waals surface area contributed by atoms with Gasteiger partial charge in [0.05, 0.1) is 22.3 Å². The van der Waals surface area contributed by atoms with Gasteiger partial charge in [0.15, 0.2) is 5.16 Å². The van der Waals surface area contributed by atoms with Gasteiger partial charge >= 0.3 is 6.03 Å². The molecule has 0 bridgehead atoms. The Morgan fingerprint density at radius 3 is 2.61 bits per heavy atom. The molecule has 1 aromatic heterocycles. The van der Waals surface area contributed by atoms with E-state index in [1.54, 1.807) is 18.2 Å². The molecule has 0 saturated heterocycles. The van der Waals surface area contributed by atoms with E-state index < -0.39 is 11.9 Å². The van der Waals surface area contributed by atoms with E-state index >= 15 is 0 Å². The van der Waals surface area contributed by atoms with Gasteiger partial charge in [-0.3, -0.25) is 19.5 Å². The van der Waals surface area contributed by atoms with Gasteiger partial charge in [-0.25, -0.2) is 9.78 Å². The molecule has 172 valence electrons. The highest BCUT2D eigenvalue weighted by atomic mass is 35.5. The third kappa shape index (κ3) is 5.57. The molecule has 33 heavy (non-hydrogen) atoms. The van der Waals surface area contributed by atoms with Crippen LogP contribution >= 0.6 is 23.4 Å². The third-order valence-electron chi connectivity index (χ3n) is 5.63. The molecule has 3 aromatic rings. The lowest BCUT2D eigenvalue weighted by Gasteiger charge is -2.15. The highest BCUT2D eigenvalue weighted by Gasteiger charge is 2.24. The molecule has 1 aliphatic rings. The molecule has 2 N–H and O–H groups in total. The Kier molecular flexibility index (Phi) is 7.05. The minimum Gasteiger partial charge on any atom is -0.335 e. The first kappa shape index (κ1) is 23.3. The summed E-state index contributed by atoms with van der Waals surface area (Å²) in [4.78, 5) is 42.2. The molecule has 0 radical (unpaired) electrons. The summed E-state index contributed by atoms with van der Waals surface area (Å²) in [7, 11) is 0. The van der Waals surface area contributed by atoms with Gasteiger partial charge in [0.25, 0.3) is 5.56 Å². The fourth-order valence-electron chi connectivity index (χ4n) is 3.39. The zero-order chi connectivity index (χ0) is 23.5. The van der Waals surface area contributed by atoms with Gasteiger partial charge in [-0.05, 0) is 61.1 Å². The number of amides is 3. The topological polar surface area (TPSA) is 93.1 Å². The smallest absolute Gasteiger partial charge is 0.321 e. The van der Waals surface area contributed by atoms with Gasteiger partial charge in [-0.15, -0.1) is 0 Å². The van der Waals surface area contributed by atoms with Crippen molar-refractivity contribution < 1.29 is 9.59 Å². The van der Waals surface area contributed by atoms with Crippen molar-refractivity contribution in [1.29, 1.82) is 0 Å². The molecule has 1 unspecified atom stereocenters. The monoisotopic (exact) mass is 484 g/mol. The summed E-state index contributed by atoms with van der Waals surface area (Å²) in [6.45, 7) is 4.29. The molecule has 3 amide bonds. The van der Waals surface area contributed by atoms with Gasteiger partial charge in [0.1, 0.15) is 0 Å². The maximum atomic E-state index is 13.4. The van der Waals surface area contributed by atoms with E-state index in [1.807, 2.05) is 24.3 Å². The number of benzene rings is 2. The lowest BCUT2D eigenvalue weighted by atomic mass is 9.98. The molecule has 1 fully saturated rings. The Morgan fingerprint density at radius 1 is 1.21 bits per heavy atom. The van der Waals surface area contributed by atoms with Crippen LogP contribution in [-0.4, -0.2) is 33.3 Å². The molecule has 7 nitrogen and oxygen atoms in total. The molecule has 9 heteroatoms. The maximum absolute atomic E-state index is 13.4. The van der Waals surface area contributed by atoms with Crippen molar-refractivity contribution in [2.75, 3.05) is 5.75 Å². The first-order valence-corrected chi connectivity index (χ1v) is 12.3. The second kappa shape index (κ2) is 9.97. The minimum atomic E-state index is -0.501. The number of carbonyl (C=O) groups is 2. The predicted octanol–water partition coefficient (Wildman–Crippen LogP) is 4.63. The van der Waals surface area contributed by atoms with Crippen molar-refractivity contribution in [3.05, 3.63) is 63.4 Å². The number of rotatable bonds is 7. The standard InChI is InChI=1S/C24H25ClN4O3S/c1-3-14(2)15-4-9-18(10-5-15)29-22(31)19-11-6-16(25)12-20(19)27-24(29)33-13-21(30)28-23(32)26-17-7-8-17/h4-6,9-12,14,17H,3,7-8,13H2,1-2H3,(H2,26,28,30,32). The number of aromatic nitrogens is 2.